The number of carboxylic acids is 1. The molecule has 0 aromatic rings. The number of nitrogens with zero attached hydrogens (tertiary/aromatic N) is 1. The molecule has 0 fully saturated rings. The van der Waals surface area contributed by atoms with E-state index in [1.54, 1.807) is 20.8 Å². The summed E-state index contributed by atoms with van der Waals surface area (Å²) in [6, 6.07) is -1.07. The molecule has 1 rings (SSSR count). The quantitative estimate of drug-likeness (QED) is 0.0875. The zero-order valence-electron chi connectivity index (χ0n) is 26.0. The molecule has 5 amide bonds. The van der Waals surface area contributed by atoms with Crippen molar-refractivity contribution in [3.63, 3.8) is 0 Å². The van der Waals surface area contributed by atoms with E-state index in [9.17, 15) is 33.9 Å². The molecule has 15 heteroatoms. The second-order valence-electron chi connectivity index (χ2n) is 11.0. The minimum absolute atomic E-state index is 0.0829. The minimum atomic E-state index is -1.15. The fraction of sp³-hybridized carbons (Fsp3) is 0.724. The molecular formula is C29H48N4O11. The Bertz CT molecular complexity index is 947. The number of rotatable bonds is 24. The van der Waals surface area contributed by atoms with E-state index in [-0.39, 0.29) is 49.9 Å². The molecule has 0 aromatic heterocycles. The number of alkyl carbamates (subject to hydrolysis) is 1. The van der Waals surface area contributed by atoms with Crippen molar-refractivity contribution in [2.75, 3.05) is 59.3 Å². The van der Waals surface area contributed by atoms with Gasteiger partial charge in [0.15, 0.2) is 0 Å². The molecule has 1 aliphatic rings. The molecule has 15 nitrogen and oxygen atoms in total. The fourth-order valence-electron chi connectivity index (χ4n) is 3.80. The molecule has 0 bridgehead atoms. The van der Waals surface area contributed by atoms with E-state index < -0.39 is 23.7 Å². The first-order valence-corrected chi connectivity index (χ1v) is 14.9. The molecule has 250 valence electrons. The Morgan fingerprint density at radius 2 is 1.41 bits per heavy atom. The number of hydrogen-bond acceptors (Lipinski definition) is 10. The third kappa shape index (κ3) is 19.6. The zero-order valence-corrected chi connectivity index (χ0v) is 26.0. The second-order valence-corrected chi connectivity index (χ2v) is 11.0. The van der Waals surface area contributed by atoms with Gasteiger partial charge < -0.3 is 40.0 Å². The summed E-state index contributed by atoms with van der Waals surface area (Å²) in [5.74, 6) is -2.12. The summed E-state index contributed by atoms with van der Waals surface area (Å²) < 4.78 is 21.1. The Labute approximate surface area is 258 Å². The Hall–Kier alpha value is -3.56. The van der Waals surface area contributed by atoms with Crippen LogP contribution in [0.1, 0.15) is 65.7 Å². The lowest BCUT2D eigenvalue weighted by molar-refractivity contribution is -0.140. The predicted molar refractivity (Wildman–Crippen MR) is 157 cm³/mol. The predicted octanol–water partition coefficient (Wildman–Crippen LogP) is 0.902. The van der Waals surface area contributed by atoms with Crippen LogP contribution in [-0.2, 0) is 42.9 Å². The summed E-state index contributed by atoms with van der Waals surface area (Å²) >= 11 is 0. The van der Waals surface area contributed by atoms with Crippen LogP contribution in [0, 0.1) is 0 Å². The van der Waals surface area contributed by atoms with Crippen molar-refractivity contribution in [2.45, 2.75) is 77.4 Å². The molecule has 0 saturated heterocycles. The first-order valence-electron chi connectivity index (χ1n) is 14.9. The number of unbranched alkanes of at least 4 members (excludes halogenated alkanes) is 3. The molecule has 0 aromatic carbocycles. The lowest BCUT2D eigenvalue weighted by Crippen LogP contribution is -2.43. The lowest BCUT2D eigenvalue weighted by Gasteiger charge is -2.22. The minimum Gasteiger partial charge on any atom is -0.480 e. The monoisotopic (exact) mass is 628 g/mol. The molecule has 1 unspecified atom stereocenters. The Kier molecular flexibility index (Phi) is 19.3. The Morgan fingerprint density at radius 3 is 2.05 bits per heavy atom. The number of imide groups is 1. The van der Waals surface area contributed by atoms with Crippen LogP contribution < -0.4 is 16.0 Å². The number of ether oxygens (including phenoxy) is 4. The van der Waals surface area contributed by atoms with Gasteiger partial charge in [-0.25, -0.2) is 9.59 Å². The van der Waals surface area contributed by atoms with Crippen LogP contribution in [0.2, 0.25) is 0 Å². The fourth-order valence-corrected chi connectivity index (χ4v) is 3.80. The Balaban J connectivity index is 1.89. The summed E-state index contributed by atoms with van der Waals surface area (Å²) in [7, 11) is 0. The van der Waals surface area contributed by atoms with Crippen LogP contribution in [-0.4, -0.2) is 117 Å². The topological polar surface area (TPSA) is 199 Å². The van der Waals surface area contributed by atoms with Gasteiger partial charge in [0.1, 0.15) is 18.2 Å². The zero-order chi connectivity index (χ0) is 32.8. The van der Waals surface area contributed by atoms with Gasteiger partial charge in [0.05, 0.1) is 33.0 Å². The van der Waals surface area contributed by atoms with Crippen molar-refractivity contribution < 1.29 is 52.8 Å². The SMILES string of the molecule is CC(C)(C)OC(=O)NC(CCCCNC(=O)COCCOCCOCCNC(=O)CCCCCN1C(=O)C=CC1=O)C(=O)O. The molecule has 44 heavy (non-hydrogen) atoms. The molecule has 4 N–H and O–H groups in total. The maximum Gasteiger partial charge on any atom is 0.408 e. The van der Waals surface area contributed by atoms with E-state index in [1.807, 2.05) is 0 Å². The molecule has 1 aliphatic heterocycles. The number of carboxylic acid groups (broad SMARTS) is 1. The van der Waals surface area contributed by atoms with Crippen LogP contribution >= 0.6 is 0 Å². The summed E-state index contributed by atoms with van der Waals surface area (Å²) in [6.45, 7) is 7.54. The third-order valence-corrected chi connectivity index (χ3v) is 5.96. The third-order valence-electron chi connectivity index (χ3n) is 5.96. The molecule has 0 spiro atoms. The summed E-state index contributed by atoms with van der Waals surface area (Å²) in [5.41, 5.74) is -0.729. The number of carbonyl (C=O) groups excluding carboxylic acids is 5. The maximum atomic E-state index is 11.9. The van der Waals surface area contributed by atoms with Gasteiger partial charge in [0.25, 0.3) is 11.8 Å². The van der Waals surface area contributed by atoms with E-state index in [0.717, 1.165) is 6.42 Å². The van der Waals surface area contributed by atoms with Crippen molar-refractivity contribution in [3.05, 3.63) is 12.2 Å². The number of nitrogens with one attached hydrogen (secondary N) is 3. The first kappa shape index (κ1) is 38.5. The summed E-state index contributed by atoms with van der Waals surface area (Å²) in [6.07, 6.45) is 5.36. The van der Waals surface area contributed by atoms with Crippen molar-refractivity contribution in [3.8, 4) is 0 Å². The van der Waals surface area contributed by atoms with Crippen molar-refractivity contribution >= 4 is 35.7 Å². The van der Waals surface area contributed by atoms with Crippen LogP contribution in [0.25, 0.3) is 0 Å². The summed E-state index contributed by atoms with van der Waals surface area (Å²) in [5, 5.41) is 17.1. The number of carbonyl (C=O) groups is 6. The van der Waals surface area contributed by atoms with Crippen LogP contribution in [0.3, 0.4) is 0 Å². The van der Waals surface area contributed by atoms with Crippen molar-refractivity contribution in [1.82, 2.24) is 20.9 Å². The lowest BCUT2D eigenvalue weighted by atomic mass is 10.1. The number of hydrogen-bond donors (Lipinski definition) is 4. The molecular weight excluding hydrogens is 580 g/mol. The van der Waals surface area contributed by atoms with E-state index >= 15 is 0 Å². The average Bonchev–Trinajstić information content (AvgIpc) is 3.26. The van der Waals surface area contributed by atoms with E-state index in [2.05, 4.69) is 16.0 Å². The molecule has 1 heterocycles. The highest BCUT2D eigenvalue weighted by Crippen LogP contribution is 2.09. The highest BCUT2D eigenvalue weighted by Gasteiger charge is 2.24. The van der Waals surface area contributed by atoms with Gasteiger partial charge in [-0.2, -0.15) is 0 Å². The van der Waals surface area contributed by atoms with Crippen molar-refractivity contribution in [1.29, 1.82) is 0 Å². The van der Waals surface area contributed by atoms with E-state index in [0.29, 0.717) is 71.6 Å². The van der Waals surface area contributed by atoms with Gasteiger partial charge in [0.2, 0.25) is 11.8 Å². The van der Waals surface area contributed by atoms with Gasteiger partial charge in [-0.15, -0.1) is 0 Å². The van der Waals surface area contributed by atoms with Crippen LogP contribution in [0.15, 0.2) is 12.2 Å². The van der Waals surface area contributed by atoms with Crippen LogP contribution in [0.5, 0.6) is 0 Å². The first-order chi connectivity index (χ1) is 20.9. The van der Waals surface area contributed by atoms with Crippen LogP contribution in [0.4, 0.5) is 4.79 Å². The summed E-state index contributed by atoms with van der Waals surface area (Å²) in [4.78, 5) is 70.9. The highest BCUT2D eigenvalue weighted by molar-refractivity contribution is 6.12. The van der Waals surface area contributed by atoms with Gasteiger partial charge in [0, 0.05) is 38.2 Å². The molecule has 0 saturated carbocycles. The largest absolute Gasteiger partial charge is 0.480 e. The van der Waals surface area contributed by atoms with Gasteiger partial charge >= 0.3 is 12.1 Å². The second kappa shape index (κ2) is 22.0. The standard InChI is InChI=1S/C29H48N4O11/c1-29(2,3)44-28(40)32-22(27(38)39)9-6-7-13-30-24(35)21-43-20-19-42-18-17-41-16-14-31-23(34)10-5-4-8-15-33-25(36)11-12-26(33)37/h11-12,22H,4-10,13-21H2,1-3H3,(H,30,35)(H,31,34)(H,32,40)(H,38,39). The average molecular weight is 629 g/mol. The Morgan fingerprint density at radius 1 is 0.795 bits per heavy atom. The molecule has 0 aliphatic carbocycles. The number of aliphatic carboxylic acids is 1. The van der Waals surface area contributed by atoms with E-state index in [1.165, 1.54) is 17.1 Å². The van der Waals surface area contributed by atoms with Gasteiger partial charge in [-0.05, 0) is 52.9 Å². The van der Waals surface area contributed by atoms with Gasteiger partial charge in [-0.3, -0.25) is 24.1 Å². The molecule has 0 radical (unpaired) electrons. The molecule has 1 atom stereocenters. The van der Waals surface area contributed by atoms with Gasteiger partial charge in [-0.1, -0.05) is 6.42 Å². The van der Waals surface area contributed by atoms with E-state index in [4.69, 9.17) is 18.9 Å². The highest BCUT2D eigenvalue weighted by atomic mass is 16.6. The normalized spacial score (nSPS) is 13.6. The maximum absolute atomic E-state index is 11.9. The smallest absolute Gasteiger partial charge is 0.408 e. The number of amides is 5. The van der Waals surface area contributed by atoms with Crippen molar-refractivity contribution in [2.24, 2.45) is 0 Å².